The summed E-state index contributed by atoms with van der Waals surface area (Å²) < 4.78 is 0. The van der Waals surface area contributed by atoms with Crippen molar-refractivity contribution in [3.8, 4) is 0 Å². The fourth-order valence-electron chi connectivity index (χ4n) is 1.68. The Hall–Kier alpha value is -0.790. The van der Waals surface area contributed by atoms with Crippen LogP contribution in [0.3, 0.4) is 0 Å². The molecule has 0 radical (unpaired) electrons. The van der Waals surface area contributed by atoms with E-state index in [1.54, 1.807) is 0 Å². The molecule has 1 atom stereocenters. The van der Waals surface area contributed by atoms with Gasteiger partial charge in [0.2, 0.25) is 5.91 Å². The molecule has 1 rings (SSSR count). The zero-order chi connectivity index (χ0) is 8.97. The van der Waals surface area contributed by atoms with Crippen LogP contribution in [0.5, 0.6) is 0 Å². The molecule has 1 aliphatic heterocycles. The lowest BCUT2D eigenvalue weighted by Gasteiger charge is -2.20. The molecule has 0 aliphatic carbocycles. The van der Waals surface area contributed by atoms with E-state index in [-0.39, 0.29) is 5.91 Å². The van der Waals surface area contributed by atoms with Crippen LogP contribution in [0.2, 0.25) is 0 Å². The van der Waals surface area contributed by atoms with Crippen molar-refractivity contribution in [2.24, 2.45) is 5.92 Å². The summed E-state index contributed by atoms with van der Waals surface area (Å²) in [4.78, 5) is 13.2. The molecule has 68 valence electrons. The second-order valence-corrected chi connectivity index (χ2v) is 3.59. The molecular formula is C10H17NO. The predicted molar refractivity (Wildman–Crippen MR) is 49.8 cm³/mol. The Labute approximate surface area is 74.2 Å². The molecule has 2 heteroatoms. The first-order chi connectivity index (χ1) is 5.74. The van der Waals surface area contributed by atoms with E-state index in [4.69, 9.17) is 0 Å². The number of likely N-dealkylation sites (tertiary alicyclic amines) is 1. The molecule has 1 saturated heterocycles. The third-order valence-corrected chi connectivity index (χ3v) is 2.39. The molecule has 2 nitrogen and oxygen atoms in total. The van der Waals surface area contributed by atoms with Crippen LogP contribution in [0.25, 0.3) is 0 Å². The van der Waals surface area contributed by atoms with Crippen molar-refractivity contribution >= 4 is 5.91 Å². The van der Waals surface area contributed by atoms with E-state index < -0.39 is 0 Å². The molecule has 0 aromatic rings. The highest BCUT2D eigenvalue weighted by atomic mass is 16.2. The number of carbonyl (C=O) groups excluding carboxylic acids is 1. The Balaban J connectivity index is 2.51. The zero-order valence-electron chi connectivity index (χ0n) is 7.75. The van der Waals surface area contributed by atoms with Crippen molar-refractivity contribution in [1.29, 1.82) is 0 Å². The van der Waals surface area contributed by atoms with E-state index >= 15 is 0 Å². The first-order valence-corrected chi connectivity index (χ1v) is 4.65. The van der Waals surface area contributed by atoms with Crippen LogP contribution in [0.1, 0.15) is 26.2 Å². The first kappa shape index (κ1) is 9.30. The molecule has 0 aromatic heterocycles. The molecule has 0 saturated carbocycles. The third-order valence-electron chi connectivity index (χ3n) is 2.39. The number of rotatable bonds is 1. The smallest absolute Gasteiger partial charge is 0.245 e. The fourth-order valence-corrected chi connectivity index (χ4v) is 1.68. The van der Waals surface area contributed by atoms with Gasteiger partial charge < -0.3 is 4.90 Å². The van der Waals surface area contributed by atoms with E-state index in [9.17, 15) is 4.79 Å². The predicted octanol–water partition coefficient (Wildman–Crippen LogP) is 1.82. The Bertz CT molecular complexity index is 177. The van der Waals surface area contributed by atoms with Crippen LogP contribution < -0.4 is 0 Å². The monoisotopic (exact) mass is 167 g/mol. The Morgan fingerprint density at radius 1 is 1.58 bits per heavy atom. The van der Waals surface area contributed by atoms with Crippen LogP contribution in [-0.2, 0) is 4.79 Å². The van der Waals surface area contributed by atoms with Gasteiger partial charge in [0.15, 0.2) is 0 Å². The Morgan fingerprint density at radius 3 is 3.00 bits per heavy atom. The summed E-state index contributed by atoms with van der Waals surface area (Å²) in [7, 11) is 0. The SMILES string of the molecule is C=CC(=O)N1CCCC[C@@H](C)C1. The highest BCUT2D eigenvalue weighted by Crippen LogP contribution is 2.15. The fraction of sp³-hybridized carbons (Fsp3) is 0.700. The average molecular weight is 167 g/mol. The number of carbonyl (C=O) groups is 1. The minimum absolute atomic E-state index is 0.0868. The summed E-state index contributed by atoms with van der Waals surface area (Å²) in [6.07, 6.45) is 5.06. The second-order valence-electron chi connectivity index (χ2n) is 3.59. The molecular weight excluding hydrogens is 150 g/mol. The van der Waals surface area contributed by atoms with Crippen molar-refractivity contribution in [2.75, 3.05) is 13.1 Å². The van der Waals surface area contributed by atoms with E-state index in [1.165, 1.54) is 18.9 Å². The summed E-state index contributed by atoms with van der Waals surface area (Å²) in [5.41, 5.74) is 0. The number of amides is 1. The lowest BCUT2D eigenvalue weighted by molar-refractivity contribution is -0.126. The van der Waals surface area contributed by atoms with Gasteiger partial charge in [-0.3, -0.25) is 4.79 Å². The standard InChI is InChI=1S/C10H17NO/c1-3-10(12)11-7-5-4-6-9(2)8-11/h3,9H,1,4-8H2,2H3/t9-/m1/s1. The van der Waals surface area contributed by atoms with Gasteiger partial charge in [0.25, 0.3) is 0 Å². The van der Waals surface area contributed by atoms with Gasteiger partial charge in [0, 0.05) is 13.1 Å². The van der Waals surface area contributed by atoms with Crippen molar-refractivity contribution in [2.45, 2.75) is 26.2 Å². The zero-order valence-corrected chi connectivity index (χ0v) is 7.75. The van der Waals surface area contributed by atoms with Crippen LogP contribution in [0.4, 0.5) is 0 Å². The van der Waals surface area contributed by atoms with Crippen LogP contribution in [-0.4, -0.2) is 23.9 Å². The van der Waals surface area contributed by atoms with E-state index in [0.717, 1.165) is 19.5 Å². The summed E-state index contributed by atoms with van der Waals surface area (Å²) in [6.45, 7) is 7.52. The molecule has 0 aromatic carbocycles. The van der Waals surface area contributed by atoms with Gasteiger partial charge in [-0.1, -0.05) is 19.9 Å². The minimum atomic E-state index is 0.0868. The minimum Gasteiger partial charge on any atom is -0.339 e. The molecule has 1 amide bonds. The lowest BCUT2D eigenvalue weighted by Crippen LogP contribution is -2.32. The molecule has 0 bridgehead atoms. The van der Waals surface area contributed by atoms with E-state index in [2.05, 4.69) is 13.5 Å². The van der Waals surface area contributed by atoms with Crippen LogP contribution >= 0.6 is 0 Å². The van der Waals surface area contributed by atoms with Crippen molar-refractivity contribution in [1.82, 2.24) is 4.90 Å². The highest BCUT2D eigenvalue weighted by molar-refractivity contribution is 5.86. The molecule has 0 unspecified atom stereocenters. The molecule has 12 heavy (non-hydrogen) atoms. The van der Waals surface area contributed by atoms with Crippen molar-refractivity contribution < 1.29 is 4.79 Å². The lowest BCUT2D eigenvalue weighted by atomic mass is 10.1. The molecule has 1 aliphatic rings. The normalized spacial score (nSPS) is 24.8. The third kappa shape index (κ3) is 2.36. The number of hydrogen-bond acceptors (Lipinski definition) is 1. The number of hydrogen-bond donors (Lipinski definition) is 0. The van der Waals surface area contributed by atoms with Gasteiger partial charge in [0.05, 0.1) is 0 Å². The van der Waals surface area contributed by atoms with Crippen LogP contribution in [0, 0.1) is 5.92 Å². The summed E-state index contributed by atoms with van der Waals surface area (Å²) in [5.74, 6) is 0.736. The maximum absolute atomic E-state index is 11.3. The van der Waals surface area contributed by atoms with E-state index in [0.29, 0.717) is 5.92 Å². The van der Waals surface area contributed by atoms with Crippen molar-refractivity contribution in [3.63, 3.8) is 0 Å². The molecule has 1 heterocycles. The topological polar surface area (TPSA) is 20.3 Å². The average Bonchev–Trinajstić information content (AvgIpc) is 2.28. The van der Waals surface area contributed by atoms with Gasteiger partial charge in [-0.2, -0.15) is 0 Å². The Kier molecular flexibility index (Phi) is 3.32. The van der Waals surface area contributed by atoms with Gasteiger partial charge >= 0.3 is 0 Å². The van der Waals surface area contributed by atoms with Gasteiger partial charge in [-0.25, -0.2) is 0 Å². The molecule has 0 spiro atoms. The molecule has 0 N–H and O–H groups in total. The Morgan fingerprint density at radius 2 is 2.33 bits per heavy atom. The van der Waals surface area contributed by atoms with Gasteiger partial charge in [0.1, 0.15) is 0 Å². The molecule has 1 fully saturated rings. The number of nitrogens with zero attached hydrogens (tertiary/aromatic N) is 1. The van der Waals surface area contributed by atoms with E-state index in [1.807, 2.05) is 4.90 Å². The first-order valence-electron chi connectivity index (χ1n) is 4.65. The van der Waals surface area contributed by atoms with Gasteiger partial charge in [-0.15, -0.1) is 0 Å². The second kappa shape index (κ2) is 4.29. The summed E-state index contributed by atoms with van der Waals surface area (Å²) >= 11 is 0. The quantitative estimate of drug-likeness (QED) is 0.545. The van der Waals surface area contributed by atoms with Crippen LogP contribution in [0.15, 0.2) is 12.7 Å². The summed E-state index contributed by atoms with van der Waals surface area (Å²) in [6, 6.07) is 0. The maximum atomic E-state index is 11.3. The van der Waals surface area contributed by atoms with Gasteiger partial charge in [-0.05, 0) is 24.8 Å². The largest absolute Gasteiger partial charge is 0.339 e. The highest BCUT2D eigenvalue weighted by Gasteiger charge is 2.16. The summed E-state index contributed by atoms with van der Waals surface area (Å²) in [5, 5.41) is 0. The maximum Gasteiger partial charge on any atom is 0.245 e. The van der Waals surface area contributed by atoms with Crippen molar-refractivity contribution in [3.05, 3.63) is 12.7 Å².